The van der Waals surface area contributed by atoms with E-state index >= 15 is 0 Å². The minimum atomic E-state index is 0.387. The van der Waals surface area contributed by atoms with Crippen LogP contribution in [-0.4, -0.2) is 19.5 Å². The molecule has 0 spiro atoms. The molecule has 0 amide bonds. The van der Waals surface area contributed by atoms with Gasteiger partial charge in [-0.3, -0.25) is 9.99 Å². The molecule has 2 heterocycles. The van der Waals surface area contributed by atoms with Gasteiger partial charge in [-0.25, -0.2) is 15.8 Å². The molecule has 2 aromatic rings. The standard InChI is InChI=1S/C9H12N6/c1-6-7(2)15(5-12-6)8-3-4-11-9(13-8)14-10/h3-5H,10H2,1-2H3,(H,11,13,14). The monoisotopic (exact) mass is 204 g/mol. The fraction of sp³-hybridized carbons (Fsp3) is 0.222. The van der Waals surface area contributed by atoms with Crippen molar-refractivity contribution in [1.82, 2.24) is 19.5 Å². The van der Waals surface area contributed by atoms with E-state index in [1.807, 2.05) is 18.4 Å². The molecule has 3 N–H and O–H groups in total. The maximum Gasteiger partial charge on any atom is 0.239 e. The number of rotatable bonds is 2. The van der Waals surface area contributed by atoms with E-state index in [1.165, 1.54) is 0 Å². The number of anilines is 1. The fourth-order valence-electron chi connectivity index (χ4n) is 1.28. The van der Waals surface area contributed by atoms with Gasteiger partial charge in [0.1, 0.15) is 12.1 Å². The predicted molar refractivity (Wildman–Crippen MR) is 56.4 cm³/mol. The smallest absolute Gasteiger partial charge is 0.239 e. The Hall–Kier alpha value is -1.95. The van der Waals surface area contributed by atoms with Crippen LogP contribution in [0.5, 0.6) is 0 Å². The molecular formula is C9H12N6. The molecule has 6 nitrogen and oxygen atoms in total. The van der Waals surface area contributed by atoms with Gasteiger partial charge >= 0.3 is 0 Å². The van der Waals surface area contributed by atoms with E-state index in [9.17, 15) is 0 Å². The van der Waals surface area contributed by atoms with Gasteiger partial charge in [0, 0.05) is 11.9 Å². The molecule has 0 aliphatic rings. The van der Waals surface area contributed by atoms with Crippen molar-refractivity contribution in [2.24, 2.45) is 5.84 Å². The topological polar surface area (TPSA) is 81.7 Å². The number of nitrogen functional groups attached to an aromatic ring is 1. The molecule has 0 unspecified atom stereocenters. The second-order valence-electron chi connectivity index (χ2n) is 3.17. The summed E-state index contributed by atoms with van der Waals surface area (Å²) in [7, 11) is 0. The second kappa shape index (κ2) is 3.66. The number of hydrogen-bond donors (Lipinski definition) is 2. The zero-order valence-electron chi connectivity index (χ0n) is 8.60. The third-order valence-corrected chi connectivity index (χ3v) is 2.27. The lowest BCUT2D eigenvalue weighted by atomic mass is 10.4. The molecular weight excluding hydrogens is 192 g/mol. The first-order valence-electron chi connectivity index (χ1n) is 4.53. The van der Waals surface area contributed by atoms with Crippen molar-refractivity contribution < 1.29 is 0 Å². The van der Waals surface area contributed by atoms with Crippen molar-refractivity contribution in [2.75, 3.05) is 5.43 Å². The van der Waals surface area contributed by atoms with Crippen molar-refractivity contribution in [1.29, 1.82) is 0 Å². The Bertz CT molecular complexity index is 475. The summed E-state index contributed by atoms with van der Waals surface area (Å²) in [4.78, 5) is 12.3. The number of hydrogen-bond acceptors (Lipinski definition) is 5. The maximum absolute atomic E-state index is 5.24. The third kappa shape index (κ3) is 1.66. The minimum absolute atomic E-state index is 0.387. The van der Waals surface area contributed by atoms with Crippen LogP contribution >= 0.6 is 0 Å². The Balaban J connectivity index is 2.49. The minimum Gasteiger partial charge on any atom is -0.292 e. The van der Waals surface area contributed by atoms with E-state index in [1.54, 1.807) is 18.6 Å². The van der Waals surface area contributed by atoms with Gasteiger partial charge in [0.25, 0.3) is 0 Å². The van der Waals surface area contributed by atoms with Crippen molar-refractivity contribution >= 4 is 5.95 Å². The second-order valence-corrected chi connectivity index (χ2v) is 3.17. The molecule has 78 valence electrons. The number of hydrazine groups is 1. The maximum atomic E-state index is 5.24. The zero-order chi connectivity index (χ0) is 10.8. The summed E-state index contributed by atoms with van der Waals surface area (Å²) in [6, 6.07) is 1.80. The van der Waals surface area contributed by atoms with Gasteiger partial charge in [-0.1, -0.05) is 0 Å². The Kier molecular flexibility index (Phi) is 2.34. The van der Waals surface area contributed by atoms with Crippen LogP contribution in [0.1, 0.15) is 11.4 Å². The molecule has 15 heavy (non-hydrogen) atoms. The summed E-state index contributed by atoms with van der Waals surface area (Å²) in [6.07, 6.45) is 3.37. The number of aromatic nitrogens is 4. The van der Waals surface area contributed by atoms with Gasteiger partial charge in [-0.15, -0.1) is 0 Å². The normalized spacial score (nSPS) is 10.3. The van der Waals surface area contributed by atoms with E-state index < -0.39 is 0 Å². The molecule has 0 aliphatic carbocycles. The van der Waals surface area contributed by atoms with E-state index in [0.717, 1.165) is 17.2 Å². The first-order valence-corrected chi connectivity index (χ1v) is 4.53. The Morgan fingerprint density at radius 1 is 1.33 bits per heavy atom. The van der Waals surface area contributed by atoms with Gasteiger partial charge in [0.15, 0.2) is 0 Å². The predicted octanol–water partition coefficient (Wildman–Crippen LogP) is 0.565. The highest BCUT2D eigenvalue weighted by Gasteiger charge is 2.05. The summed E-state index contributed by atoms with van der Waals surface area (Å²) in [6.45, 7) is 3.94. The van der Waals surface area contributed by atoms with Gasteiger partial charge in [0.2, 0.25) is 5.95 Å². The van der Waals surface area contributed by atoms with Crippen LogP contribution in [0.25, 0.3) is 5.82 Å². The highest BCUT2D eigenvalue weighted by atomic mass is 15.3. The van der Waals surface area contributed by atoms with E-state index in [2.05, 4.69) is 20.4 Å². The first-order chi connectivity index (χ1) is 7.22. The molecule has 0 fully saturated rings. The van der Waals surface area contributed by atoms with Gasteiger partial charge < -0.3 is 0 Å². The van der Waals surface area contributed by atoms with E-state index in [4.69, 9.17) is 5.84 Å². The van der Waals surface area contributed by atoms with Crippen molar-refractivity contribution in [3.8, 4) is 5.82 Å². The highest BCUT2D eigenvalue weighted by Crippen LogP contribution is 2.11. The first kappa shape index (κ1) is 9.60. The van der Waals surface area contributed by atoms with Crippen molar-refractivity contribution in [3.05, 3.63) is 30.0 Å². The molecule has 6 heteroatoms. The van der Waals surface area contributed by atoms with Crippen LogP contribution in [0.15, 0.2) is 18.6 Å². The van der Waals surface area contributed by atoms with Crippen LogP contribution in [0.2, 0.25) is 0 Å². The van der Waals surface area contributed by atoms with Gasteiger partial charge in [-0.2, -0.15) is 4.98 Å². The van der Waals surface area contributed by atoms with Crippen LogP contribution in [-0.2, 0) is 0 Å². The molecule has 0 bridgehead atoms. The number of aryl methyl sites for hydroxylation is 1. The average Bonchev–Trinajstić information content (AvgIpc) is 2.60. The summed E-state index contributed by atoms with van der Waals surface area (Å²) >= 11 is 0. The molecule has 2 rings (SSSR count). The van der Waals surface area contributed by atoms with Crippen LogP contribution < -0.4 is 11.3 Å². The number of imidazole rings is 1. The molecule has 2 aromatic heterocycles. The lowest BCUT2D eigenvalue weighted by molar-refractivity contribution is 0.933. The molecule has 0 saturated carbocycles. The molecule has 0 saturated heterocycles. The number of nitrogens with two attached hydrogens (primary N) is 1. The fourth-order valence-corrected chi connectivity index (χ4v) is 1.28. The lowest BCUT2D eigenvalue weighted by Crippen LogP contribution is -2.11. The molecule has 0 radical (unpaired) electrons. The number of nitrogens with zero attached hydrogens (tertiary/aromatic N) is 4. The Morgan fingerprint density at radius 2 is 2.13 bits per heavy atom. The zero-order valence-corrected chi connectivity index (χ0v) is 8.60. The third-order valence-electron chi connectivity index (χ3n) is 2.27. The summed E-state index contributed by atoms with van der Waals surface area (Å²) in [5, 5.41) is 0. The molecule has 0 aromatic carbocycles. The summed E-state index contributed by atoms with van der Waals surface area (Å²) < 4.78 is 1.89. The quantitative estimate of drug-likeness (QED) is 0.552. The van der Waals surface area contributed by atoms with Crippen LogP contribution in [0.3, 0.4) is 0 Å². The largest absolute Gasteiger partial charge is 0.292 e. The summed E-state index contributed by atoms with van der Waals surface area (Å²) in [5.74, 6) is 6.37. The Labute approximate surface area is 87.2 Å². The van der Waals surface area contributed by atoms with Gasteiger partial charge in [0.05, 0.1) is 5.69 Å². The molecule has 0 aliphatic heterocycles. The molecule has 0 atom stereocenters. The van der Waals surface area contributed by atoms with Crippen LogP contribution in [0.4, 0.5) is 5.95 Å². The summed E-state index contributed by atoms with van der Waals surface area (Å²) in [5.41, 5.74) is 4.44. The van der Waals surface area contributed by atoms with E-state index in [-0.39, 0.29) is 0 Å². The SMILES string of the molecule is Cc1ncn(-c2ccnc(NN)n2)c1C. The van der Waals surface area contributed by atoms with Gasteiger partial charge in [-0.05, 0) is 19.9 Å². The Morgan fingerprint density at radius 3 is 2.73 bits per heavy atom. The van der Waals surface area contributed by atoms with Crippen molar-refractivity contribution in [3.63, 3.8) is 0 Å². The lowest BCUT2D eigenvalue weighted by Gasteiger charge is -2.05. The van der Waals surface area contributed by atoms with Crippen LogP contribution in [0, 0.1) is 13.8 Å². The average molecular weight is 204 g/mol. The number of nitrogens with one attached hydrogen (secondary N) is 1. The van der Waals surface area contributed by atoms with Crippen molar-refractivity contribution in [2.45, 2.75) is 13.8 Å². The highest BCUT2D eigenvalue weighted by molar-refractivity contribution is 5.33. The van der Waals surface area contributed by atoms with E-state index in [0.29, 0.717) is 5.95 Å².